The number of halogens is 2. The number of nitrogens with zero attached hydrogens (tertiary/aromatic N) is 4. The highest BCUT2D eigenvalue weighted by atomic mass is 35.5. The predicted molar refractivity (Wildman–Crippen MR) is 110 cm³/mol. The van der Waals surface area contributed by atoms with Crippen molar-refractivity contribution in [3.63, 3.8) is 0 Å². The number of rotatable bonds is 7. The average molecular weight is 420 g/mol. The summed E-state index contributed by atoms with van der Waals surface area (Å²) in [6.45, 7) is 0.954. The molecule has 4 N–H and O–H groups in total. The molecule has 0 aliphatic heterocycles. The van der Waals surface area contributed by atoms with Gasteiger partial charge in [0.15, 0.2) is 0 Å². The molecule has 0 atom stereocenters. The molecule has 0 saturated carbocycles. The number of nitro groups is 1. The van der Waals surface area contributed by atoms with Gasteiger partial charge in [0.05, 0.1) is 15.6 Å². The number of aromatic nitrogens is 3. The molecule has 2 heterocycles. The van der Waals surface area contributed by atoms with Gasteiger partial charge in [-0.05, 0) is 30.3 Å². The molecule has 2 aromatic heterocycles. The molecule has 0 aliphatic carbocycles. The molecular weight excluding hydrogens is 405 g/mol. The second-order valence-electron chi connectivity index (χ2n) is 5.60. The van der Waals surface area contributed by atoms with E-state index in [1.54, 1.807) is 30.5 Å². The SMILES string of the molecule is Nc1nc(NCCNc2nccc(-c3ccc(Cl)cc3Cl)n2)ccc1[N+](=O)[O-]. The molecule has 0 aliphatic rings. The molecule has 0 bridgehead atoms. The Kier molecular flexibility index (Phi) is 6.07. The maximum Gasteiger partial charge on any atom is 0.311 e. The van der Waals surface area contributed by atoms with E-state index in [0.717, 1.165) is 5.56 Å². The molecule has 1 aromatic carbocycles. The van der Waals surface area contributed by atoms with E-state index in [4.69, 9.17) is 28.9 Å². The summed E-state index contributed by atoms with van der Waals surface area (Å²) in [4.78, 5) is 22.7. The Morgan fingerprint density at radius 2 is 1.86 bits per heavy atom. The largest absolute Gasteiger partial charge is 0.378 e. The number of anilines is 3. The maximum absolute atomic E-state index is 10.7. The highest BCUT2D eigenvalue weighted by Gasteiger charge is 2.12. The molecule has 0 spiro atoms. The van der Waals surface area contributed by atoms with Gasteiger partial charge in [0, 0.05) is 35.9 Å². The second-order valence-corrected chi connectivity index (χ2v) is 6.44. The van der Waals surface area contributed by atoms with Crippen molar-refractivity contribution in [3.8, 4) is 11.3 Å². The molecule has 0 fully saturated rings. The van der Waals surface area contributed by atoms with Crippen LogP contribution in [0.5, 0.6) is 0 Å². The van der Waals surface area contributed by atoms with Gasteiger partial charge < -0.3 is 16.4 Å². The molecule has 0 radical (unpaired) electrons. The van der Waals surface area contributed by atoms with Gasteiger partial charge in [-0.1, -0.05) is 23.2 Å². The molecule has 28 heavy (non-hydrogen) atoms. The van der Waals surface area contributed by atoms with Gasteiger partial charge in [-0.15, -0.1) is 0 Å². The van der Waals surface area contributed by atoms with Crippen LogP contribution in [0.1, 0.15) is 0 Å². The topological polar surface area (TPSA) is 132 Å². The van der Waals surface area contributed by atoms with Crippen molar-refractivity contribution in [1.82, 2.24) is 15.0 Å². The van der Waals surface area contributed by atoms with Crippen LogP contribution < -0.4 is 16.4 Å². The third-order valence-corrected chi connectivity index (χ3v) is 4.22. The minimum atomic E-state index is -0.578. The zero-order valence-electron chi connectivity index (χ0n) is 14.4. The summed E-state index contributed by atoms with van der Waals surface area (Å²) >= 11 is 12.1. The quantitative estimate of drug-likeness (QED) is 0.298. The first-order valence-electron chi connectivity index (χ1n) is 8.11. The van der Waals surface area contributed by atoms with Gasteiger partial charge in [-0.2, -0.15) is 0 Å². The Hall–Kier alpha value is -3.17. The van der Waals surface area contributed by atoms with E-state index in [9.17, 15) is 10.1 Å². The van der Waals surface area contributed by atoms with Crippen molar-refractivity contribution in [2.75, 3.05) is 29.5 Å². The van der Waals surface area contributed by atoms with E-state index in [0.29, 0.717) is 40.6 Å². The first-order valence-corrected chi connectivity index (χ1v) is 8.87. The average Bonchev–Trinajstić information content (AvgIpc) is 2.65. The molecule has 9 nitrogen and oxygen atoms in total. The number of nitrogens with one attached hydrogen (secondary N) is 2. The highest BCUT2D eigenvalue weighted by Crippen LogP contribution is 2.29. The molecular formula is C17H15Cl2N7O2. The van der Waals surface area contributed by atoms with Crippen LogP contribution in [0.15, 0.2) is 42.6 Å². The third-order valence-electron chi connectivity index (χ3n) is 3.68. The summed E-state index contributed by atoms with van der Waals surface area (Å²) in [7, 11) is 0. The van der Waals surface area contributed by atoms with E-state index >= 15 is 0 Å². The Morgan fingerprint density at radius 3 is 2.57 bits per heavy atom. The molecule has 144 valence electrons. The molecule has 0 amide bonds. The summed E-state index contributed by atoms with van der Waals surface area (Å²) in [5, 5.41) is 17.9. The zero-order chi connectivity index (χ0) is 20.1. The fourth-order valence-corrected chi connectivity index (χ4v) is 2.88. The normalized spacial score (nSPS) is 10.5. The fraction of sp³-hybridized carbons (Fsp3) is 0.118. The Balaban J connectivity index is 1.58. The van der Waals surface area contributed by atoms with Crippen LogP contribution in [0.2, 0.25) is 10.0 Å². The van der Waals surface area contributed by atoms with Gasteiger partial charge in [-0.3, -0.25) is 10.1 Å². The minimum absolute atomic E-state index is 0.140. The van der Waals surface area contributed by atoms with Crippen LogP contribution in [-0.2, 0) is 0 Å². The molecule has 11 heteroatoms. The molecule has 0 saturated heterocycles. The van der Waals surface area contributed by atoms with Crippen molar-refractivity contribution >= 4 is 46.5 Å². The van der Waals surface area contributed by atoms with E-state index in [1.165, 1.54) is 12.1 Å². The monoisotopic (exact) mass is 419 g/mol. The third kappa shape index (κ3) is 4.76. The molecule has 3 aromatic rings. The van der Waals surface area contributed by atoms with Crippen LogP contribution in [0.25, 0.3) is 11.3 Å². The Bertz CT molecular complexity index is 1020. The van der Waals surface area contributed by atoms with Crippen LogP contribution in [0, 0.1) is 10.1 Å². The van der Waals surface area contributed by atoms with Crippen molar-refractivity contribution in [3.05, 3.63) is 62.8 Å². The predicted octanol–water partition coefficient (Wildman–Crippen LogP) is 3.86. The lowest BCUT2D eigenvalue weighted by molar-refractivity contribution is -0.384. The molecule has 3 rings (SSSR count). The van der Waals surface area contributed by atoms with Gasteiger partial charge >= 0.3 is 5.69 Å². The van der Waals surface area contributed by atoms with Crippen molar-refractivity contribution in [2.45, 2.75) is 0 Å². The number of benzene rings is 1. The summed E-state index contributed by atoms with van der Waals surface area (Å²) < 4.78 is 0. The standard InChI is InChI=1S/C17H15Cl2N7O2/c18-10-1-2-11(12(19)9-10)13-5-6-22-17(24-13)23-8-7-21-15-4-3-14(26(27)28)16(20)25-15/h1-6,9H,7-8H2,(H3,20,21,25)(H,22,23,24). The van der Waals surface area contributed by atoms with E-state index in [-0.39, 0.29) is 11.5 Å². The number of hydrogen-bond donors (Lipinski definition) is 3. The Labute approximate surface area is 170 Å². The summed E-state index contributed by atoms with van der Waals surface area (Å²) in [5.74, 6) is 0.729. The number of nitrogen functional groups attached to an aromatic ring is 1. The lowest BCUT2D eigenvalue weighted by atomic mass is 10.1. The van der Waals surface area contributed by atoms with Gasteiger partial charge in [0.1, 0.15) is 5.82 Å². The zero-order valence-corrected chi connectivity index (χ0v) is 15.9. The van der Waals surface area contributed by atoms with E-state index in [1.807, 2.05) is 0 Å². The van der Waals surface area contributed by atoms with Crippen LogP contribution in [0.4, 0.5) is 23.3 Å². The lowest BCUT2D eigenvalue weighted by Gasteiger charge is -2.09. The van der Waals surface area contributed by atoms with Crippen molar-refractivity contribution in [1.29, 1.82) is 0 Å². The van der Waals surface area contributed by atoms with Gasteiger partial charge in [0.2, 0.25) is 11.8 Å². The van der Waals surface area contributed by atoms with E-state index in [2.05, 4.69) is 25.6 Å². The van der Waals surface area contributed by atoms with E-state index < -0.39 is 4.92 Å². The van der Waals surface area contributed by atoms with Gasteiger partial charge in [0.25, 0.3) is 0 Å². The van der Waals surface area contributed by atoms with Gasteiger partial charge in [-0.25, -0.2) is 15.0 Å². The first-order chi connectivity index (χ1) is 13.4. The van der Waals surface area contributed by atoms with Crippen LogP contribution in [0.3, 0.4) is 0 Å². The second kappa shape index (κ2) is 8.68. The fourth-order valence-electron chi connectivity index (χ4n) is 2.38. The van der Waals surface area contributed by atoms with Crippen LogP contribution >= 0.6 is 23.2 Å². The van der Waals surface area contributed by atoms with Crippen molar-refractivity contribution in [2.24, 2.45) is 0 Å². The lowest BCUT2D eigenvalue weighted by Crippen LogP contribution is -2.16. The molecule has 0 unspecified atom stereocenters. The summed E-state index contributed by atoms with van der Waals surface area (Å²) in [5.41, 5.74) is 6.75. The van der Waals surface area contributed by atoms with Crippen molar-refractivity contribution < 1.29 is 4.92 Å². The number of nitrogens with two attached hydrogens (primary N) is 1. The maximum atomic E-state index is 10.7. The smallest absolute Gasteiger partial charge is 0.311 e. The number of pyridine rings is 1. The Morgan fingerprint density at radius 1 is 1.07 bits per heavy atom. The summed E-state index contributed by atoms with van der Waals surface area (Å²) in [6, 6.07) is 9.74. The van der Waals surface area contributed by atoms with Crippen LogP contribution in [-0.4, -0.2) is 33.0 Å². The highest BCUT2D eigenvalue weighted by molar-refractivity contribution is 6.36. The minimum Gasteiger partial charge on any atom is -0.378 e. The number of hydrogen-bond acceptors (Lipinski definition) is 8. The first kappa shape index (κ1) is 19.6. The summed E-state index contributed by atoms with van der Waals surface area (Å²) in [6.07, 6.45) is 1.63.